The van der Waals surface area contributed by atoms with Gasteiger partial charge in [0.15, 0.2) is 5.13 Å². The van der Waals surface area contributed by atoms with Crippen molar-refractivity contribution in [2.45, 2.75) is 6.92 Å². The minimum absolute atomic E-state index is 0.261. The van der Waals surface area contributed by atoms with E-state index >= 15 is 0 Å². The van der Waals surface area contributed by atoms with Crippen molar-refractivity contribution >= 4 is 32.4 Å². The van der Waals surface area contributed by atoms with Crippen LogP contribution in [0.15, 0.2) is 28.1 Å². The summed E-state index contributed by atoms with van der Waals surface area (Å²) in [6.45, 7) is 2.82. The maximum Gasteiger partial charge on any atom is 0.183 e. The molecule has 2 rings (SSSR count). The fourth-order valence-corrected chi connectivity index (χ4v) is 2.44. The minimum atomic E-state index is -0.261. The van der Waals surface area contributed by atoms with Crippen molar-refractivity contribution < 1.29 is 4.39 Å². The lowest BCUT2D eigenvalue weighted by atomic mass is 10.2. The molecule has 0 fully saturated rings. The summed E-state index contributed by atoms with van der Waals surface area (Å²) in [5.74, 6) is -0.261. The van der Waals surface area contributed by atoms with E-state index in [9.17, 15) is 4.39 Å². The average Bonchev–Trinajstić information content (AvgIpc) is 2.67. The second-order valence-electron chi connectivity index (χ2n) is 3.19. The SMILES string of the molecule is CCNc1nc(-c2ccc(Br)cc2F)cs1. The van der Waals surface area contributed by atoms with Crippen LogP contribution in [0.4, 0.5) is 9.52 Å². The van der Waals surface area contributed by atoms with Crippen LogP contribution < -0.4 is 5.32 Å². The predicted molar refractivity (Wildman–Crippen MR) is 69.4 cm³/mol. The van der Waals surface area contributed by atoms with Gasteiger partial charge in [0, 0.05) is 22.0 Å². The zero-order valence-corrected chi connectivity index (χ0v) is 11.0. The number of nitrogens with one attached hydrogen (secondary N) is 1. The topological polar surface area (TPSA) is 24.9 Å². The van der Waals surface area contributed by atoms with Gasteiger partial charge in [-0.15, -0.1) is 11.3 Å². The van der Waals surface area contributed by atoms with Crippen molar-refractivity contribution in [3.05, 3.63) is 33.9 Å². The van der Waals surface area contributed by atoms with Gasteiger partial charge in [-0.2, -0.15) is 0 Å². The van der Waals surface area contributed by atoms with Gasteiger partial charge in [-0.05, 0) is 25.1 Å². The molecule has 1 aromatic heterocycles. The van der Waals surface area contributed by atoms with E-state index in [1.54, 1.807) is 6.07 Å². The van der Waals surface area contributed by atoms with Gasteiger partial charge in [0.25, 0.3) is 0 Å². The molecule has 0 spiro atoms. The first-order valence-electron chi connectivity index (χ1n) is 4.85. The molecule has 0 saturated heterocycles. The molecule has 1 heterocycles. The van der Waals surface area contributed by atoms with Gasteiger partial charge in [-0.25, -0.2) is 9.37 Å². The standard InChI is InChI=1S/C11H10BrFN2S/c1-2-14-11-15-10(6-16-11)8-4-3-7(12)5-9(8)13/h3-6H,2H2,1H3,(H,14,15). The number of thiazole rings is 1. The highest BCUT2D eigenvalue weighted by Gasteiger charge is 2.09. The zero-order chi connectivity index (χ0) is 11.5. The smallest absolute Gasteiger partial charge is 0.183 e. The third kappa shape index (κ3) is 2.41. The second-order valence-corrected chi connectivity index (χ2v) is 4.97. The Bertz CT molecular complexity index is 498. The van der Waals surface area contributed by atoms with Gasteiger partial charge in [-0.1, -0.05) is 15.9 Å². The first-order chi connectivity index (χ1) is 7.70. The fourth-order valence-electron chi connectivity index (χ4n) is 1.33. The van der Waals surface area contributed by atoms with Crippen molar-refractivity contribution in [2.75, 3.05) is 11.9 Å². The molecule has 0 amide bonds. The Kier molecular flexibility index (Phi) is 3.56. The van der Waals surface area contributed by atoms with Crippen LogP contribution >= 0.6 is 27.3 Å². The van der Waals surface area contributed by atoms with E-state index in [1.807, 2.05) is 18.4 Å². The largest absolute Gasteiger partial charge is 0.362 e. The molecule has 0 saturated carbocycles. The normalized spacial score (nSPS) is 10.4. The third-order valence-corrected chi connectivity index (χ3v) is 3.33. The Morgan fingerprint density at radius 2 is 2.31 bits per heavy atom. The summed E-state index contributed by atoms with van der Waals surface area (Å²) in [6, 6.07) is 4.98. The summed E-state index contributed by atoms with van der Waals surface area (Å²) in [6.07, 6.45) is 0. The highest BCUT2D eigenvalue weighted by molar-refractivity contribution is 9.10. The lowest BCUT2D eigenvalue weighted by Crippen LogP contribution is -1.95. The first-order valence-corrected chi connectivity index (χ1v) is 6.53. The lowest BCUT2D eigenvalue weighted by molar-refractivity contribution is 0.630. The van der Waals surface area contributed by atoms with Crippen molar-refractivity contribution in [1.82, 2.24) is 4.98 Å². The van der Waals surface area contributed by atoms with Gasteiger partial charge in [0.05, 0.1) is 5.69 Å². The van der Waals surface area contributed by atoms with Gasteiger partial charge in [0.2, 0.25) is 0 Å². The molecule has 0 unspecified atom stereocenters. The van der Waals surface area contributed by atoms with E-state index in [2.05, 4.69) is 26.2 Å². The Balaban J connectivity index is 2.35. The first kappa shape index (κ1) is 11.5. The molecule has 2 nitrogen and oxygen atoms in total. The summed E-state index contributed by atoms with van der Waals surface area (Å²) >= 11 is 4.71. The van der Waals surface area contributed by atoms with Gasteiger partial charge in [0.1, 0.15) is 5.82 Å². The molecule has 16 heavy (non-hydrogen) atoms. The molecule has 0 aliphatic rings. The number of aromatic nitrogens is 1. The molecule has 1 N–H and O–H groups in total. The number of nitrogens with zero attached hydrogens (tertiary/aromatic N) is 1. The molecule has 84 valence electrons. The molecule has 0 aliphatic carbocycles. The van der Waals surface area contributed by atoms with E-state index in [0.717, 1.165) is 16.1 Å². The van der Waals surface area contributed by atoms with Crippen molar-refractivity contribution in [3.63, 3.8) is 0 Å². The highest BCUT2D eigenvalue weighted by atomic mass is 79.9. The van der Waals surface area contributed by atoms with Gasteiger partial charge < -0.3 is 5.32 Å². The second kappa shape index (κ2) is 4.93. The Labute approximate surface area is 106 Å². The van der Waals surface area contributed by atoms with Crippen LogP contribution in [-0.4, -0.2) is 11.5 Å². The summed E-state index contributed by atoms with van der Waals surface area (Å²) < 4.78 is 14.4. The Hall–Kier alpha value is -0.940. The number of hydrogen-bond acceptors (Lipinski definition) is 3. The molecular formula is C11H10BrFN2S. The van der Waals surface area contributed by atoms with Crippen LogP contribution in [0.1, 0.15) is 6.92 Å². The predicted octanol–water partition coefficient (Wildman–Crippen LogP) is 4.14. The summed E-state index contributed by atoms with van der Waals surface area (Å²) in [4.78, 5) is 4.31. The molecule has 0 radical (unpaired) electrons. The van der Waals surface area contributed by atoms with Crippen molar-refractivity contribution in [2.24, 2.45) is 0 Å². The van der Waals surface area contributed by atoms with Gasteiger partial charge >= 0.3 is 0 Å². The Morgan fingerprint density at radius 3 is 3.00 bits per heavy atom. The van der Waals surface area contributed by atoms with Gasteiger partial charge in [-0.3, -0.25) is 0 Å². The molecule has 2 aromatic rings. The van der Waals surface area contributed by atoms with E-state index < -0.39 is 0 Å². The number of halogens is 2. The zero-order valence-electron chi connectivity index (χ0n) is 8.63. The maximum atomic E-state index is 13.6. The van der Waals surface area contributed by atoms with Crippen LogP contribution in [0.25, 0.3) is 11.3 Å². The summed E-state index contributed by atoms with van der Waals surface area (Å²) in [5, 5.41) is 5.77. The number of anilines is 1. The summed E-state index contributed by atoms with van der Waals surface area (Å²) in [7, 11) is 0. The Morgan fingerprint density at radius 1 is 1.50 bits per heavy atom. The van der Waals surface area contributed by atoms with Crippen molar-refractivity contribution in [3.8, 4) is 11.3 Å². The highest BCUT2D eigenvalue weighted by Crippen LogP contribution is 2.28. The van der Waals surface area contributed by atoms with Crippen molar-refractivity contribution in [1.29, 1.82) is 0 Å². The third-order valence-electron chi connectivity index (χ3n) is 2.04. The van der Waals surface area contributed by atoms with Crippen LogP contribution in [-0.2, 0) is 0 Å². The summed E-state index contributed by atoms with van der Waals surface area (Å²) in [5.41, 5.74) is 1.20. The van der Waals surface area contributed by atoms with E-state index in [0.29, 0.717) is 11.3 Å². The molecular weight excluding hydrogens is 291 g/mol. The molecule has 5 heteroatoms. The van der Waals surface area contributed by atoms with E-state index in [4.69, 9.17) is 0 Å². The van der Waals surface area contributed by atoms with E-state index in [1.165, 1.54) is 17.4 Å². The van der Waals surface area contributed by atoms with E-state index in [-0.39, 0.29) is 5.82 Å². The molecule has 0 aliphatic heterocycles. The molecule has 0 atom stereocenters. The van der Waals surface area contributed by atoms with Crippen LogP contribution in [0, 0.1) is 5.82 Å². The fraction of sp³-hybridized carbons (Fsp3) is 0.182. The molecule has 0 bridgehead atoms. The number of rotatable bonds is 3. The average molecular weight is 301 g/mol. The van der Waals surface area contributed by atoms with Crippen LogP contribution in [0.3, 0.4) is 0 Å². The van der Waals surface area contributed by atoms with Crippen LogP contribution in [0.5, 0.6) is 0 Å². The lowest BCUT2D eigenvalue weighted by Gasteiger charge is -2.00. The van der Waals surface area contributed by atoms with Crippen LogP contribution in [0.2, 0.25) is 0 Å². The molecule has 1 aromatic carbocycles. The number of hydrogen-bond donors (Lipinski definition) is 1. The quantitative estimate of drug-likeness (QED) is 0.921. The number of benzene rings is 1. The maximum absolute atomic E-state index is 13.6. The minimum Gasteiger partial charge on any atom is -0.362 e. The monoisotopic (exact) mass is 300 g/mol.